The van der Waals surface area contributed by atoms with Crippen molar-refractivity contribution in [1.82, 2.24) is 0 Å². The Morgan fingerprint density at radius 3 is 2.00 bits per heavy atom. The van der Waals surface area contributed by atoms with Gasteiger partial charge in [0.25, 0.3) is 0 Å². The van der Waals surface area contributed by atoms with Gasteiger partial charge in [0.05, 0.1) is 0 Å². The molecule has 0 aromatic heterocycles. The highest BCUT2D eigenvalue weighted by atomic mass is 19.4. The first-order chi connectivity index (χ1) is 5.41. The van der Waals surface area contributed by atoms with Crippen molar-refractivity contribution in [3.8, 4) is 0 Å². The van der Waals surface area contributed by atoms with Crippen molar-refractivity contribution in [2.45, 2.75) is 13.8 Å². The van der Waals surface area contributed by atoms with Crippen molar-refractivity contribution >= 4 is 12.4 Å². The van der Waals surface area contributed by atoms with Gasteiger partial charge in [0.2, 0.25) is 0 Å². The maximum atomic E-state index is 12.2. The Labute approximate surface area is 69.5 Å². The largest absolute Gasteiger partial charge is 0.509 e. The zero-order valence-corrected chi connectivity index (χ0v) is 6.94. The van der Waals surface area contributed by atoms with Crippen LogP contribution in [-0.2, 0) is 0 Å². The van der Waals surface area contributed by atoms with Crippen LogP contribution in [0.3, 0.4) is 0 Å². The van der Waals surface area contributed by atoms with Crippen molar-refractivity contribution < 1.29 is 12.9 Å². The lowest BCUT2D eigenvalue weighted by atomic mass is 9.79. The van der Waals surface area contributed by atoms with Gasteiger partial charge >= 0.3 is 6.98 Å². The second kappa shape index (κ2) is 2.85. The van der Waals surface area contributed by atoms with Crippen LogP contribution < -0.4 is 5.46 Å². The summed E-state index contributed by atoms with van der Waals surface area (Å²) in [4.78, 5) is 0. The minimum absolute atomic E-state index is 0.516. The lowest BCUT2D eigenvalue weighted by molar-refractivity contribution is 0.501. The summed E-state index contributed by atoms with van der Waals surface area (Å²) in [6.07, 6.45) is 0. The number of aryl methyl sites for hydroxylation is 2. The van der Waals surface area contributed by atoms with Gasteiger partial charge in [-0.15, -0.1) is 5.46 Å². The highest BCUT2D eigenvalue weighted by molar-refractivity contribution is 6.73. The predicted octanol–water partition coefficient (Wildman–Crippen LogP) is 2.36. The molecule has 0 atom stereocenters. The van der Waals surface area contributed by atoms with E-state index in [9.17, 15) is 12.9 Å². The molecular formula is C8H9BF3-. The van der Waals surface area contributed by atoms with E-state index in [1.165, 1.54) is 12.1 Å². The molecule has 0 N–H and O–H groups in total. The van der Waals surface area contributed by atoms with E-state index in [1.807, 2.05) is 0 Å². The molecule has 1 rings (SSSR count). The highest BCUT2D eigenvalue weighted by Crippen LogP contribution is 2.11. The summed E-state index contributed by atoms with van der Waals surface area (Å²) in [5.41, 5.74) is 1.06. The number of hydrogen-bond acceptors (Lipinski definition) is 0. The van der Waals surface area contributed by atoms with Gasteiger partial charge in [0.1, 0.15) is 0 Å². The second-order valence-corrected chi connectivity index (χ2v) is 2.92. The van der Waals surface area contributed by atoms with Crippen LogP contribution in [-0.4, -0.2) is 6.98 Å². The summed E-state index contributed by atoms with van der Waals surface area (Å²) in [7, 11) is 0. The van der Waals surface area contributed by atoms with Gasteiger partial charge in [-0.2, -0.15) is 0 Å². The normalized spacial score (nSPS) is 11.8. The van der Waals surface area contributed by atoms with Crippen LogP contribution in [0.4, 0.5) is 12.9 Å². The maximum Gasteiger partial charge on any atom is 0.509 e. The van der Waals surface area contributed by atoms with Crippen LogP contribution in [0.15, 0.2) is 18.2 Å². The Morgan fingerprint density at radius 2 is 1.58 bits per heavy atom. The molecule has 0 unspecified atom stereocenters. The van der Waals surface area contributed by atoms with Crippen LogP contribution in [0.1, 0.15) is 11.1 Å². The molecule has 4 heteroatoms. The van der Waals surface area contributed by atoms with Crippen molar-refractivity contribution in [3.05, 3.63) is 29.3 Å². The molecule has 1 aromatic carbocycles. The zero-order valence-electron chi connectivity index (χ0n) is 6.94. The zero-order chi connectivity index (χ0) is 9.35. The third-order valence-corrected chi connectivity index (χ3v) is 1.91. The smallest absolute Gasteiger partial charge is 0.445 e. The van der Waals surface area contributed by atoms with Crippen LogP contribution in [0, 0.1) is 13.8 Å². The summed E-state index contributed by atoms with van der Waals surface area (Å²) < 4.78 is 36.5. The molecule has 0 saturated carbocycles. The lowest BCUT2D eigenvalue weighted by Gasteiger charge is -2.15. The van der Waals surface area contributed by atoms with Gasteiger partial charge in [0, 0.05) is 0 Å². The van der Waals surface area contributed by atoms with Gasteiger partial charge < -0.3 is 12.9 Å². The second-order valence-electron chi connectivity index (χ2n) is 2.92. The van der Waals surface area contributed by atoms with Crippen molar-refractivity contribution in [1.29, 1.82) is 0 Å². The molecule has 0 aliphatic carbocycles. The fourth-order valence-corrected chi connectivity index (χ4v) is 0.968. The summed E-state index contributed by atoms with van der Waals surface area (Å²) in [6.45, 7) is -1.36. The average Bonchev–Trinajstić information content (AvgIpc) is 1.92. The highest BCUT2D eigenvalue weighted by Gasteiger charge is 2.25. The molecule has 1 aromatic rings. The summed E-state index contributed by atoms with van der Waals surface area (Å²) in [5.74, 6) is 0. The summed E-state index contributed by atoms with van der Waals surface area (Å²) in [6, 6.07) is 3.82. The molecule has 0 spiro atoms. The van der Waals surface area contributed by atoms with E-state index < -0.39 is 12.4 Å². The van der Waals surface area contributed by atoms with Crippen LogP contribution in [0.25, 0.3) is 0 Å². The first-order valence-corrected chi connectivity index (χ1v) is 3.68. The molecule has 12 heavy (non-hydrogen) atoms. The Morgan fingerprint density at radius 1 is 1.00 bits per heavy atom. The molecule has 0 nitrogen and oxygen atoms in total. The van der Waals surface area contributed by atoms with Gasteiger partial charge in [-0.25, -0.2) is 0 Å². The van der Waals surface area contributed by atoms with Gasteiger partial charge in [-0.05, 0) is 19.4 Å². The number of halogens is 3. The first kappa shape index (κ1) is 9.17. The summed E-state index contributed by atoms with van der Waals surface area (Å²) >= 11 is 0. The van der Waals surface area contributed by atoms with E-state index in [0.29, 0.717) is 5.56 Å². The molecule has 0 saturated heterocycles. The standard InChI is InChI=1S/C8H9BF3/c1-6-3-4-8(5-7(6)2)9(10,11)12/h3-5H,1-2H3/q-1. The minimum atomic E-state index is -4.84. The molecule has 0 amide bonds. The van der Waals surface area contributed by atoms with Crippen LogP contribution in [0.2, 0.25) is 0 Å². The fourth-order valence-electron chi connectivity index (χ4n) is 0.968. The molecule has 0 radical (unpaired) electrons. The van der Waals surface area contributed by atoms with Crippen molar-refractivity contribution in [2.75, 3.05) is 0 Å². The average molecular weight is 173 g/mol. The van der Waals surface area contributed by atoms with Crippen molar-refractivity contribution in [3.63, 3.8) is 0 Å². The molecule has 0 bridgehead atoms. The monoisotopic (exact) mass is 173 g/mol. The molecule has 66 valence electrons. The molecule has 0 aliphatic rings. The van der Waals surface area contributed by atoms with E-state index in [2.05, 4.69) is 0 Å². The minimum Gasteiger partial charge on any atom is -0.445 e. The fraction of sp³-hybridized carbons (Fsp3) is 0.250. The summed E-state index contributed by atoms with van der Waals surface area (Å²) in [5, 5.41) is 0. The third kappa shape index (κ3) is 1.81. The Bertz CT molecular complexity index is 291. The van der Waals surface area contributed by atoms with Crippen LogP contribution in [0.5, 0.6) is 0 Å². The number of hydrogen-bond donors (Lipinski definition) is 0. The Hall–Kier alpha value is -0.925. The number of benzene rings is 1. The molecule has 0 aliphatic heterocycles. The van der Waals surface area contributed by atoms with E-state index in [1.54, 1.807) is 13.8 Å². The Balaban J connectivity index is 3.14. The molecule has 0 heterocycles. The maximum absolute atomic E-state index is 12.2. The van der Waals surface area contributed by atoms with E-state index in [-0.39, 0.29) is 0 Å². The lowest BCUT2D eigenvalue weighted by Crippen LogP contribution is -2.34. The van der Waals surface area contributed by atoms with E-state index >= 15 is 0 Å². The molecular weight excluding hydrogens is 164 g/mol. The van der Waals surface area contributed by atoms with Crippen LogP contribution >= 0.6 is 0 Å². The Kier molecular flexibility index (Phi) is 2.17. The molecule has 0 fully saturated rings. The van der Waals surface area contributed by atoms with Gasteiger partial charge in [-0.1, -0.05) is 23.8 Å². The quantitative estimate of drug-likeness (QED) is 0.571. The number of rotatable bonds is 1. The van der Waals surface area contributed by atoms with E-state index in [4.69, 9.17) is 0 Å². The predicted molar refractivity (Wildman–Crippen MR) is 44.6 cm³/mol. The topological polar surface area (TPSA) is 0 Å². The first-order valence-electron chi connectivity index (χ1n) is 3.68. The van der Waals surface area contributed by atoms with Crippen molar-refractivity contribution in [2.24, 2.45) is 0 Å². The van der Waals surface area contributed by atoms with Gasteiger partial charge in [-0.3, -0.25) is 0 Å². The third-order valence-electron chi connectivity index (χ3n) is 1.91. The van der Waals surface area contributed by atoms with Gasteiger partial charge in [0.15, 0.2) is 0 Å². The van der Waals surface area contributed by atoms with E-state index in [0.717, 1.165) is 11.6 Å². The SMILES string of the molecule is Cc1ccc([B-](F)(F)F)cc1C.